The van der Waals surface area contributed by atoms with Crippen molar-refractivity contribution in [1.82, 2.24) is 15.3 Å². The van der Waals surface area contributed by atoms with Crippen molar-refractivity contribution in [2.75, 3.05) is 32.8 Å². The zero-order chi connectivity index (χ0) is 14.5. The number of carbonyl (C=O) groups excluding carboxylic acids is 2. The van der Waals surface area contributed by atoms with Gasteiger partial charge >= 0.3 is 0 Å². The summed E-state index contributed by atoms with van der Waals surface area (Å²) in [5, 5.41) is 1.63. The molecule has 0 aromatic heterocycles. The van der Waals surface area contributed by atoms with Crippen LogP contribution >= 0.6 is 0 Å². The number of nitrogens with one attached hydrogen (secondary N) is 1. The summed E-state index contributed by atoms with van der Waals surface area (Å²) in [7, 11) is 0. The van der Waals surface area contributed by atoms with Crippen molar-refractivity contribution in [3.05, 3.63) is 0 Å². The van der Waals surface area contributed by atoms with Crippen molar-refractivity contribution in [3.8, 4) is 0 Å². The van der Waals surface area contributed by atoms with E-state index in [0.29, 0.717) is 39.3 Å². The molecule has 0 aromatic rings. The molecule has 0 aromatic carbocycles. The van der Waals surface area contributed by atoms with E-state index < -0.39 is 0 Å². The van der Waals surface area contributed by atoms with Gasteiger partial charge in [0, 0.05) is 25.6 Å². The summed E-state index contributed by atoms with van der Waals surface area (Å²) in [6, 6.07) is 0.265. The minimum Gasteiger partial charge on any atom is -0.378 e. The number of hydrogen-bond donors (Lipinski definition) is 1. The number of likely N-dealkylation sites (tertiary alicyclic amines) is 1. The number of nitrogens with zero attached hydrogens (tertiary/aromatic N) is 2. The van der Waals surface area contributed by atoms with Crippen molar-refractivity contribution in [2.45, 2.75) is 39.2 Å². The minimum absolute atomic E-state index is 0.0253. The van der Waals surface area contributed by atoms with Gasteiger partial charge in [0.2, 0.25) is 11.8 Å². The van der Waals surface area contributed by atoms with Crippen molar-refractivity contribution < 1.29 is 14.3 Å². The molecule has 0 bridgehead atoms. The number of amides is 2. The molecule has 1 atom stereocenters. The maximum absolute atomic E-state index is 12.5. The molecule has 2 saturated heterocycles. The van der Waals surface area contributed by atoms with Crippen LogP contribution in [0.1, 0.15) is 33.1 Å². The van der Waals surface area contributed by atoms with Crippen LogP contribution < -0.4 is 5.43 Å². The third-order valence-electron chi connectivity index (χ3n) is 4.17. The molecular formula is C14H25N3O3. The molecule has 0 saturated carbocycles. The topological polar surface area (TPSA) is 61.9 Å². The largest absolute Gasteiger partial charge is 0.378 e. The highest BCUT2D eigenvalue weighted by Gasteiger charge is 2.38. The quantitative estimate of drug-likeness (QED) is 0.810. The molecule has 1 unspecified atom stereocenters. The Morgan fingerprint density at radius 1 is 1.40 bits per heavy atom. The monoisotopic (exact) mass is 283 g/mol. The fourth-order valence-electron chi connectivity index (χ4n) is 2.98. The van der Waals surface area contributed by atoms with Crippen molar-refractivity contribution in [1.29, 1.82) is 0 Å². The molecule has 20 heavy (non-hydrogen) atoms. The average Bonchev–Trinajstić information content (AvgIpc) is 2.68. The lowest BCUT2D eigenvalue weighted by Crippen LogP contribution is -2.47. The third kappa shape index (κ3) is 3.30. The van der Waals surface area contributed by atoms with Gasteiger partial charge in [-0.15, -0.1) is 0 Å². The lowest BCUT2D eigenvalue weighted by molar-refractivity contribution is -0.138. The molecular weight excluding hydrogens is 258 g/mol. The van der Waals surface area contributed by atoms with Crippen LogP contribution in [0.5, 0.6) is 0 Å². The van der Waals surface area contributed by atoms with Gasteiger partial charge in [0.25, 0.3) is 0 Å². The zero-order valence-corrected chi connectivity index (χ0v) is 12.4. The molecule has 2 aliphatic heterocycles. The van der Waals surface area contributed by atoms with Gasteiger partial charge in [0.05, 0.1) is 25.7 Å². The number of hydrogen-bond acceptors (Lipinski definition) is 4. The summed E-state index contributed by atoms with van der Waals surface area (Å²) < 4.78 is 5.32. The third-order valence-corrected chi connectivity index (χ3v) is 4.17. The molecule has 2 aliphatic rings. The van der Waals surface area contributed by atoms with Gasteiger partial charge in [0.15, 0.2) is 0 Å². The first-order valence-electron chi connectivity index (χ1n) is 7.59. The van der Waals surface area contributed by atoms with Gasteiger partial charge in [-0.25, -0.2) is 5.43 Å². The Hall–Kier alpha value is -1.14. The maximum atomic E-state index is 12.5. The molecule has 2 amide bonds. The van der Waals surface area contributed by atoms with E-state index in [1.54, 1.807) is 5.01 Å². The predicted octanol–water partition coefficient (Wildman–Crippen LogP) is 0.387. The van der Waals surface area contributed by atoms with E-state index in [1.807, 2.05) is 4.90 Å². The number of hydrazine groups is 1. The van der Waals surface area contributed by atoms with Gasteiger partial charge < -0.3 is 9.64 Å². The van der Waals surface area contributed by atoms with Gasteiger partial charge in [-0.1, -0.05) is 13.8 Å². The SMILES string of the molecule is CCC(CC)N1CC(C(=O)N2CCOCCN2)CC1=O. The highest BCUT2D eigenvalue weighted by Crippen LogP contribution is 2.24. The smallest absolute Gasteiger partial charge is 0.242 e. The molecule has 1 N–H and O–H groups in total. The van der Waals surface area contributed by atoms with Gasteiger partial charge in [-0.3, -0.25) is 14.6 Å². The fraction of sp³-hybridized carbons (Fsp3) is 0.857. The van der Waals surface area contributed by atoms with Crippen LogP contribution in [0.3, 0.4) is 0 Å². The number of carbonyl (C=O) groups is 2. The fourth-order valence-corrected chi connectivity index (χ4v) is 2.98. The summed E-state index contributed by atoms with van der Waals surface area (Å²) in [6.07, 6.45) is 2.23. The van der Waals surface area contributed by atoms with Crippen LogP contribution in [-0.2, 0) is 14.3 Å². The highest BCUT2D eigenvalue weighted by atomic mass is 16.5. The van der Waals surface area contributed by atoms with Crippen LogP contribution in [-0.4, -0.2) is 60.6 Å². The van der Waals surface area contributed by atoms with E-state index in [-0.39, 0.29) is 23.8 Å². The Morgan fingerprint density at radius 3 is 2.85 bits per heavy atom. The molecule has 6 heteroatoms. The summed E-state index contributed by atoms with van der Waals surface area (Å²) in [5.74, 6) is -0.0749. The van der Waals surface area contributed by atoms with E-state index in [0.717, 1.165) is 12.8 Å². The first kappa shape index (κ1) is 15.3. The van der Waals surface area contributed by atoms with Crippen LogP contribution in [0, 0.1) is 5.92 Å². The molecule has 0 aliphatic carbocycles. The molecule has 114 valence electrons. The number of ether oxygens (including phenoxy) is 1. The molecule has 0 radical (unpaired) electrons. The summed E-state index contributed by atoms with van der Waals surface area (Å²) in [6.45, 7) is 7.09. The lowest BCUT2D eigenvalue weighted by atomic mass is 10.1. The maximum Gasteiger partial charge on any atom is 0.242 e. The van der Waals surface area contributed by atoms with Crippen molar-refractivity contribution >= 4 is 11.8 Å². The van der Waals surface area contributed by atoms with Gasteiger partial charge in [-0.05, 0) is 12.8 Å². The Bertz CT molecular complexity index is 350. The molecule has 6 nitrogen and oxygen atoms in total. The predicted molar refractivity (Wildman–Crippen MR) is 74.7 cm³/mol. The molecule has 0 spiro atoms. The van der Waals surface area contributed by atoms with E-state index in [2.05, 4.69) is 19.3 Å². The second-order valence-electron chi connectivity index (χ2n) is 5.43. The minimum atomic E-state index is -0.214. The van der Waals surface area contributed by atoms with Gasteiger partial charge in [-0.2, -0.15) is 0 Å². The Labute approximate surface area is 120 Å². The van der Waals surface area contributed by atoms with Crippen molar-refractivity contribution in [3.63, 3.8) is 0 Å². The lowest BCUT2D eigenvalue weighted by Gasteiger charge is -2.27. The van der Waals surface area contributed by atoms with E-state index in [1.165, 1.54) is 0 Å². The van der Waals surface area contributed by atoms with Crippen LogP contribution in [0.4, 0.5) is 0 Å². The van der Waals surface area contributed by atoms with Crippen LogP contribution in [0.15, 0.2) is 0 Å². The van der Waals surface area contributed by atoms with Crippen LogP contribution in [0.25, 0.3) is 0 Å². The number of rotatable bonds is 4. The van der Waals surface area contributed by atoms with Gasteiger partial charge in [0.1, 0.15) is 0 Å². The van der Waals surface area contributed by atoms with Crippen LogP contribution in [0.2, 0.25) is 0 Å². The second-order valence-corrected chi connectivity index (χ2v) is 5.43. The van der Waals surface area contributed by atoms with E-state index in [4.69, 9.17) is 4.74 Å². The van der Waals surface area contributed by atoms with E-state index in [9.17, 15) is 9.59 Å². The molecule has 2 rings (SSSR count). The summed E-state index contributed by atoms with van der Waals surface area (Å²) in [5.41, 5.74) is 3.07. The normalized spacial score (nSPS) is 24.4. The van der Waals surface area contributed by atoms with E-state index >= 15 is 0 Å². The van der Waals surface area contributed by atoms with Crippen molar-refractivity contribution in [2.24, 2.45) is 5.92 Å². The first-order valence-corrected chi connectivity index (χ1v) is 7.59. The Balaban J connectivity index is 1.96. The summed E-state index contributed by atoms with van der Waals surface area (Å²) >= 11 is 0. The highest BCUT2D eigenvalue weighted by molar-refractivity contribution is 5.89. The standard InChI is InChI=1S/C14H25N3O3/c1-3-12(4-2)16-10-11(9-13(16)18)14(19)17-6-8-20-7-5-15-17/h11-12,15H,3-10H2,1-2H3. The Morgan fingerprint density at radius 2 is 2.15 bits per heavy atom. The average molecular weight is 283 g/mol. The molecule has 2 fully saturated rings. The summed E-state index contributed by atoms with van der Waals surface area (Å²) in [4.78, 5) is 26.5. The zero-order valence-electron chi connectivity index (χ0n) is 12.4. The first-order chi connectivity index (χ1) is 9.67. The second kappa shape index (κ2) is 7.04. The Kier molecular flexibility index (Phi) is 5.37. The molecule has 2 heterocycles.